The number of rotatable bonds is 2. The van der Waals surface area contributed by atoms with Crippen LogP contribution in [0.2, 0.25) is 0 Å². The first-order chi connectivity index (χ1) is 9.15. The second-order valence-corrected chi connectivity index (χ2v) is 5.15. The molecule has 2 aromatic carbocycles. The molecule has 0 spiro atoms. The first-order valence-corrected chi connectivity index (χ1v) is 6.51. The SMILES string of the molecule is O=C(c1cccc(Br)c1)c1c[nH]c2ccc(F)cc12. The highest BCUT2D eigenvalue weighted by Crippen LogP contribution is 2.23. The molecule has 4 heteroatoms. The van der Waals surface area contributed by atoms with E-state index in [2.05, 4.69) is 20.9 Å². The molecule has 0 fully saturated rings. The summed E-state index contributed by atoms with van der Waals surface area (Å²) in [5.41, 5.74) is 1.80. The van der Waals surface area contributed by atoms with Gasteiger partial charge in [-0.05, 0) is 30.3 Å². The molecule has 19 heavy (non-hydrogen) atoms. The summed E-state index contributed by atoms with van der Waals surface area (Å²) in [6.07, 6.45) is 1.62. The van der Waals surface area contributed by atoms with Crippen molar-refractivity contribution in [1.82, 2.24) is 4.98 Å². The van der Waals surface area contributed by atoms with Gasteiger partial charge in [0.25, 0.3) is 0 Å². The molecule has 0 aliphatic heterocycles. The number of carbonyl (C=O) groups excluding carboxylic acids is 1. The fourth-order valence-electron chi connectivity index (χ4n) is 2.07. The summed E-state index contributed by atoms with van der Waals surface area (Å²) < 4.78 is 14.1. The van der Waals surface area contributed by atoms with Gasteiger partial charge in [0.05, 0.1) is 0 Å². The van der Waals surface area contributed by atoms with E-state index in [0.29, 0.717) is 16.5 Å². The first kappa shape index (κ1) is 12.1. The zero-order chi connectivity index (χ0) is 13.4. The summed E-state index contributed by atoms with van der Waals surface area (Å²) in [7, 11) is 0. The van der Waals surface area contributed by atoms with E-state index < -0.39 is 0 Å². The predicted molar refractivity (Wildman–Crippen MR) is 75.8 cm³/mol. The quantitative estimate of drug-likeness (QED) is 0.702. The second-order valence-electron chi connectivity index (χ2n) is 4.23. The van der Waals surface area contributed by atoms with Crippen molar-refractivity contribution in [2.75, 3.05) is 0 Å². The maximum Gasteiger partial charge on any atom is 0.195 e. The lowest BCUT2D eigenvalue weighted by Crippen LogP contribution is -2.00. The van der Waals surface area contributed by atoms with Crippen LogP contribution in [0.15, 0.2) is 53.1 Å². The molecular weight excluding hydrogens is 309 g/mol. The normalized spacial score (nSPS) is 10.8. The molecule has 0 radical (unpaired) electrons. The fraction of sp³-hybridized carbons (Fsp3) is 0. The van der Waals surface area contributed by atoms with Crippen molar-refractivity contribution >= 4 is 32.6 Å². The Morgan fingerprint density at radius 2 is 2.00 bits per heavy atom. The molecule has 0 saturated heterocycles. The second kappa shape index (κ2) is 4.63. The smallest absolute Gasteiger partial charge is 0.195 e. The van der Waals surface area contributed by atoms with E-state index in [1.165, 1.54) is 12.1 Å². The Hall–Kier alpha value is -1.94. The van der Waals surface area contributed by atoms with E-state index >= 15 is 0 Å². The van der Waals surface area contributed by atoms with Gasteiger partial charge in [0.15, 0.2) is 5.78 Å². The zero-order valence-electron chi connectivity index (χ0n) is 9.78. The van der Waals surface area contributed by atoms with Crippen LogP contribution in [-0.2, 0) is 0 Å². The van der Waals surface area contributed by atoms with Crippen molar-refractivity contribution in [3.63, 3.8) is 0 Å². The summed E-state index contributed by atoms with van der Waals surface area (Å²) >= 11 is 3.34. The van der Waals surface area contributed by atoms with Gasteiger partial charge < -0.3 is 4.98 Å². The van der Waals surface area contributed by atoms with Crippen LogP contribution in [0.5, 0.6) is 0 Å². The lowest BCUT2D eigenvalue weighted by Gasteiger charge is -2.00. The van der Waals surface area contributed by atoms with Gasteiger partial charge in [-0.25, -0.2) is 4.39 Å². The molecule has 3 rings (SSSR count). The Morgan fingerprint density at radius 3 is 2.79 bits per heavy atom. The van der Waals surface area contributed by atoms with Crippen molar-refractivity contribution in [1.29, 1.82) is 0 Å². The Morgan fingerprint density at radius 1 is 1.16 bits per heavy atom. The standard InChI is InChI=1S/C15H9BrFNO/c16-10-3-1-2-9(6-10)15(19)13-8-18-14-5-4-11(17)7-12(13)14/h1-8,18H. The van der Waals surface area contributed by atoms with Crippen molar-refractivity contribution < 1.29 is 9.18 Å². The zero-order valence-corrected chi connectivity index (χ0v) is 11.4. The molecule has 0 aliphatic rings. The number of nitrogens with one attached hydrogen (secondary N) is 1. The Labute approximate surface area is 117 Å². The molecule has 0 saturated carbocycles. The highest BCUT2D eigenvalue weighted by Gasteiger charge is 2.14. The molecule has 1 N–H and O–H groups in total. The van der Waals surface area contributed by atoms with E-state index in [9.17, 15) is 9.18 Å². The minimum atomic E-state index is -0.351. The molecule has 0 amide bonds. The number of benzene rings is 2. The Balaban J connectivity index is 2.14. The molecule has 1 aromatic heterocycles. The molecule has 2 nitrogen and oxygen atoms in total. The molecule has 3 aromatic rings. The number of aromatic amines is 1. The molecular formula is C15H9BrFNO. The van der Waals surface area contributed by atoms with Crippen molar-refractivity contribution in [3.8, 4) is 0 Å². The van der Waals surface area contributed by atoms with Gasteiger partial charge in [-0.15, -0.1) is 0 Å². The molecule has 94 valence electrons. The van der Waals surface area contributed by atoms with Gasteiger partial charge in [0, 0.05) is 32.7 Å². The number of H-pyrrole nitrogens is 1. The average Bonchev–Trinajstić information content (AvgIpc) is 2.80. The fourth-order valence-corrected chi connectivity index (χ4v) is 2.47. The van der Waals surface area contributed by atoms with Gasteiger partial charge >= 0.3 is 0 Å². The van der Waals surface area contributed by atoms with E-state index in [-0.39, 0.29) is 11.6 Å². The summed E-state index contributed by atoms with van der Waals surface area (Å²) in [6.45, 7) is 0. The molecule has 0 bridgehead atoms. The number of fused-ring (bicyclic) bond motifs is 1. The lowest BCUT2D eigenvalue weighted by atomic mass is 10.0. The molecule has 0 unspecified atom stereocenters. The third kappa shape index (κ3) is 2.19. The predicted octanol–water partition coefficient (Wildman–Crippen LogP) is 4.30. The summed E-state index contributed by atoms with van der Waals surface area (Å²) in [5.74, 6) is -0.478. The molecule has 1 heterocycles. The van der Waals surface area contributed by atoms with Crippen molar-refractivity contribution in [2.45, 2.75) is 0 Å². The summed E-state index contributed by atoms with van der Waals surface area (Å²) in [4.78, 5) is 15.4. The average molecular weight is 318 g/mol. The van der Waals surface area contributed by atoms with Crippen LogP contribution in [0.25, 0.3) is 10.9 Å². The number of carbonyl (C=O) groups is 1. The van der Waals surface area contributed by atoms with E-state index in [0.717, 1.165) is 9.99 Å². The Bertz CT molecular complexity index is 779. The topological polar surface area (TPSA) is 32.9 Å². The molecule has 0 aliphatic carbocycles. The highest BCUT2D eigenvalue weighted by molar-refractivity contribution is 9.10. The maximum absolute atomic E-state index is 13.3. The van der Waals surface area contributed by atoms with Crippen LogP contribution >= 0.6 is 15.9 Å². The van der Waals surface area contributed by atoms with E-state index in [1.807, 2.05) is 6.07 Å². The van der Waals surface area contributed by atoms with Crippen LogP contribution in [0.1, 0.15) is 15.9 Å². The van der Waals surface area contributed by atoms with Crippen LogP contribution in [0.3, 0.4) is 0 Å². The maximum atomic E-state index is 13.3. The number of hydrogen-bond donors (Lipinski definition) is 1. The summed E-state index contributed by atoms with van der Waals surface area (Å²) in [5, 5.41) is 0.602. The monoisotopic (exact) mass is 317 g/mol. The van der Waals surface area contributed by atoms with Crippen LogP contribution in [0, 0.1) is 5.82 Å². The van der Waals surface area contributed by atoms with Crippen LogP contribution < -0.4 is 0 Å². The van der Waals surface area contributed by atoms with Gasteiger partial charge in [-0.2, -0.15) is 0 Å². The Kier molecular flexibility index (Phi) is 2.95. The van der Waals surface area contributed by atoms with Gasteiger partial charge in [0.1, 0.15) is 5.82 Å². The van der Waals surface area contributed by atoms with Gasteiger partial charge in [-0.1, -0.05) is 28.1 Å². The van der Waals surface area contributed by atoms with Crippen LogP contribution in [0.4, 0.5) is 4.39 Å². The molecule has 0 atom stereocenters. The van der Waals surface area contributed by atoms with Gasteiger partial charge in [0.2, 0.25) is 0 Å². The van der Waals surface area contributed by atoms with E-state index in [1.54, 1.807) is 30.5 Å². The minimum Gasteiger partial charge on any atom is -0.360 e. The third-order valence-corrected chi connectivity index (χ3v) is 3.47. The number of ketones is 1. The van der Waals surface area contributed by atoms with Crippen LogP contribution in [-0.4, -0.2) is 10.8 Å². The third-order valence-electron chi connectivity index (χ3n) is 2.98. The summed E-state index contributed by atoms with van der Waals surface area (Å²) in [6, 6.07) is 11.5. The van der Waals surface area contributed by atoms with Crippen molar-refractivity contribution in [3.05, 3.63) is 70.1 Å². The number of aromatic nitrogens is 1. The van der Waals surface area contributed by atoms with Crippen molar-refractivity contribution in [2.24, 2.45) is 0 Å². The number of hydrogen-bond acceptors (Lipinski definition) is 1. The van der Waals surface area contributed by atoms with E-state index in [4.69, 9.17) is 0 Å². The highest BCUT2D eigenvalue weighted by atomic mass is 79.9. The number of halogens is 2. The largest absolute Gasteiger partial charge is 0.360 e. The minimum absolute atomic E-state index is 0.127. The van der Waals surface area contributed by atoms with Gasteiger partial charge in [-0.3, -0.25) is 4.79 Å². The first-order valence-electron chi connectivity index (χ1n) is 5.72. The lowest BCUT2D eigenvalue weighted by molar-refractivity contribution is 0.104.